The molecule has 3 aromatic rings. The van der Waals surface area contributed by atoms with Crippen molar-refractivity contribution in [1.29, 1.82) is 0 Å². The quantitative estimate of drug-likeness (QED) is 0.239. The second-order valence-electron chi connectivity index (χ2n) is 8.06. The van der Waals surface area contributed by atoms with E-state index in [1.165, 1.54) is 31.4 Å². The fraction of sp³-hybridized carbons (Fsp3) is 0.160. The maximum atomic E-state index is 13.6. The molecular weight excluding hydrogens is 454 g/mol. The number of anilines is 2. The van der Waals surface area contributed by atoms with Gasteiger partial charge in [0.25, 0.3) is 11.6 Å². The van der Waals surface area contributed by atoms with E-state index in [2.05, 4.69) is 0 Å². The van der Waals surface area contributed by atoms with Gasteiger partial charge in [0.2, 0.25) is 5.91 Å². The molecule has 2 saturated heterocycles. The van der Waals surface area contributed by atoms with E-state index in [1.807, 2.05) is 18.2 Å². The molecule has 176 valence electrons. The van der Waals surface area contributed by atoms with Gasteiger partial charge in [-0.25, -0.2) is 14.8 Å². The van der Waals surface area contributed by atoms with Gasteiger partial charge in [0.15, 0.2) is 6.10 Å². The molecule has 2 aliphatic heterocycles. The molecule has 0 aliphatic carbocycles. The van der Waals surface area contributed by atoms with Crippen molar-refractivity contribution in [3.8, 4) is 0 Å². The van der Waals surface area contributed by atoms with Gasteiger partial charge in [-0.05, 0) is 42.0 Å². The zero-order chi connectivity index (χ0) is 24.7. The summed E-state index contributed by atoms with van der Waals surface area (Å²) in [6, 6.07) is 20.2. The number of amides is 2. The molecule has 0 aromatic heterocycles. The Kier molecular flexibility index (Phi) is 5.50. The fourth-order valence-corrected chi connectivity index (χ4v) is 4.46. The number of nitrogens with zero attached hydrogens (tertiary/aromatic N) is 3. The van der Waals surface area contributed by atoms with Crippen molar-refractivity contribution in [2.75, 3.05) is 17.1 Å². The average molecular weight is 473 g/mol. The molecule has 3 atom stereocenters. The Labute approximate surface area is 199 Å². The number of non-ortho nitro benzene ring substituents is 1. The van der Waals surface area contributed by atoms with Crippen LogP contribution >= 0.6 is 0 Å². The number of carbonyl (C=O) groups excluding carboxylic acids is 3. The maximum Gasteiger partial charge on any atom is 0.337 e. The van der Waals surface area contributed by atoms with Gasteiger partial charge in [-0.1, -0.05) is 30.3 Å². The smallest absolute Gasteiger partial charge is 0.337 e. The number of imide groups is 1. The van der Waals surface area contributed by atoms with Gasteiger partial charge in [-0.2, -0.15) is 0 Å². The predicted octanol–water partition coefficient (Wildman–Crippen LogP) is 3.43. The first-order chi connectivity index (χ1) is 16.9. The number of hydrogen-bond donors (Lipinski definition) is 0. The zero-order valence-corrected chi connectivity index (χ0v) is 18.4. The molecule has 0 bridgehead atoms. The second-order valence-corrected chi connectivity index (χ2v) is 8.06. The lowest BCUT2D eigenvalue weighted by Crippen LogP contribution is -2.37. The molecule has 3 aromatic carbocycles. The third-order valence-electron chi connectivity index (χ3n) is 6.12. The lowest BCUT2D eigenvalue weighted by atomic mass is 9.90. The van der Waals surface area contributed by atoms with E-state index in [0.717, 1.165) is 4.90 Å². The van der Waals surface area contributed by atoms with E-state index in [0.29, 0.717) is 16.8 Å². The summed E-state index contributed by atoms with van der Waals surface area (Å²) in [5, 5.41) is 12.5. The van der Waals surface area contributed by atoms with Gasteiger partial charge in [-0.3, -0.25) is 24.5 Å². The number of nitro groups is 1. The first-order valence-corrected chi connectivity index (χ1v) is 10.7. The normalized spacial score (nSPS) is 21.2. The highest BCUT2D eigenvalue weighted by Crippen LogP contribution is 2.47. The van der Waals surface area contributed by atoms with Crippen molar-refractivity contribution in [2.24, 2.45) is 5.92 Å². The molecule has 0 saturated carbocycles. The van der Waals surface area contributed by atoms with Crippen molar-refractivity contribution >= 4 is 34.8 Å². The number of fused-ring (bicyclic) bond motifs is 1. The molecule has 2 heterocycles. The molecule has 2 aliphatic rings. The van der Waals surface area contributed by atoms with E-state index < -0.39 is 40.8 Å². The summed E-state index contributed by atoms with van der Waals surface area (Å²) in [6.07, 6.45) is -1.08. The van der Waals surface area contributed by atoms with Crippen LogP contribution < -0.4 is 9.96 Å². The third-order valence-corrected chi connectivity index (χ3v) is 6.12. The Morgan fingerprint density at radius 2 is 1.57 bits per heavy atom. The van der Waals surface area contributed by atoms with Crippen LogP contribution in [0.15, 0.2) is 78.9 Å². The standard InChI is InChI=1S/C25H19N3O7/c1-34-25(31)16-9-7-15(8-10-16)21-20-22(35-27(21)18-5-3-2-4-6-18)24(30)26(23(20)29)17-11-13-19(14-12-17)28(32)33/h2-14,20-22H,1H3. The summed E-state index contributed by atoms with van der Waals surface area (Å²) in [6.45, 7) is 0. The number of rotatable bonds is 5. The van der Waals surface area contributed by atoms with Gasteiger partial charge < -0.3 is 4.74 Å². The number of esters is 1. The number of methoxy groups -OCH3 is 1. The summed E-state index contributed by atoms with van der Waals surface area (Å²) in [5.41, 5.74) is 1.75. The van der Waals surface area contributed by atoms with Crippen molar-refractivity contribution in [3.63, 3.8) is 0 Å². The minimum Gasteiger partial charge on any atom is -0.465 e. The lowest BCUT2D eigenvalue weighted by Gasteiger charge is -2.28. The van der Waals surface area contributed by atoms with Crippen LogP contribution in [-0.4, -0.2) is 35.9 Å². The molecule has 35 heavy (non-hydrogen) atoms. The molecule has 10 heteroatoms. The molecule has 2 amide bonds. The average Bonchev–Trinajstić information content (AvgIpc) is 3.40. The maximum absolute atomic E-state index is 13.6. The molecule has 2 fully saturated rings. The Morgan fingerprint density at radius 3 is 2.17 bits per heavy atom. The van der Waals surface area contributed by atoms with Crippen LogP contribution in [-0.2, 0) is 19.2 Å². The van der Waals surface area contributed by atoms with E-state index in [9.17, 15) is 24.5 Å². The minimum atomic E-state index is -1.08. The first-order valence-electron chi connectivity index (χ1n) is 10.7. The SMILES string of the molecule is COC(=O)c1ccc(C2C3C(=O)N(c4ccc([N+](=O)[O-])cc4)C(=O)C3ON2c2ccccc2)cc1. The molecule has 5 rings (SSSR count). The van der Waals surface area contributed by atoms with Crippen molar-refractivity contribution in [1.82, 2.24) is 0 Å². The number of para-hydroxylation sites is 1. The van der Waals surface area contributed by atoms with E-state index in [4.69, 9.17) is 9.57 Å². The fourth-order valence-electron chi connectivity index (χ4n) is 4.46. The summed E-state index contributed by atoms with van der Waals surface area (Å²) >= 11 is 0. The second kappa shape index (κ2) is 8.65. The highest BCUT2D eigenvalue weighted by atomic mass is 16.7. The monoisotopic (exact) mass is 473 g/mol. The number of ether oxygens (including phenoxy) is 1. The van der Waals surface area contributed by atoms with Crippen LogP contribution in [0.3, 0.4) is 0 Å². The summed E-state index contributed by atoms with van der Waals surface area (Å²) < 4.78 is 4.76. The van der Waals surface area contributed by atoms with E-state index in [-0.39, 0.29) is 11.4 Å². The topological polar surface area (TPSA) is 119 Å². The molecule has 0 radical (unpaired) electrons. The Bertz CT molecular complexity index is 1310. The largest absolute Gasteiger partial charge is 0.465 e. The van der Waals surface area contributed by atoms with Gasteiger partial charge in [0, 0.05) is 12.1 Å². The van der Waals surface area contributed by atoms with Crippen molar-refractivity contribution < 1.29 is 28.9 Å². The minimum absolute atomic E-state index is 0.150. The van der Waals surface area contributed by atoms with E-state index >= 15 is 0 Å². The van der Waals surface area contributed by atoms with Crippen LogP contribution in [0.1, 0.15) is 22.0 Å². The van der Waals surface area contributed by atoms with Crippen molar-refractivity contribution in [3.05, 3.63) is 100 Å². The van der Waals surface area contributed by atoms with Gasteiger partial charge in [0.1, 0.15) is 5.92 Å². The Balaban J connectivity index is 1.54. The highest BCUT2D eigenvalue weighted by molar-refractivity contribution is 6.24. The highest BCUT2D eigenvalue weighted by Gasteiger charge is 2.60. The molecule has 0 N–H and O–H groups in total. The third kappa shape index (κ3) is 3.69. The lowest BCUT2D eigenvalue weighted by molar-refractivity contribution is -0.384. The molecule has 10 nitrogen and oxygen atoms in total. The predicted molar refractivity (Wildman–Crippen MR) is 123 cm³/mol. The molecular formula is C25H19N3O7. The van der Waals surface area contributed by atoms with Crippen LogP contribution in [0.4, 0.5) is 17.1 Å². The number of hydrogen-bond acceptors (Lipinski definition) is 8. The van der Waals surface area contributed by atoms with Gasteiger partial charge in [-0.15, -0.1) is 0 Å². The molecule has 0 spiro atoms. The van der Waals surface area contributed by atoms with Crippen LogP contribution in [0.25, 0.3) is 0 Å². The van der Waals surface area contributed by atoms with Crippen LogP contribution in [0.5, 0.6) is 0 Å². The van der Waals surface area contributed by atoms with E-state index in [1.54, 1.807) is 41.5 Å². The summed E-state index contributed by atoms with van der Waals surface area (Å²) in [5.74, 6) is -2.40. The number of benzene rings is 3. The van der Waals surface area contributed by atoms with Crippen molar-refractivity contribution in [2.45, 2.75) is 12.1 Å². The zero-order valence-electron chi connectivity index (χ0n) is 18.4. The van der Waals surface area contributed by atoms with Gasteiger partial charge in [0.05, 0.1) is 35.0 Å². The Hall–Kier alpha value is -4.57. The van der Waals surface area contributed by atoms with Crippen LogP contribution in [0, 0.1) is 16.0 Å². The first kappa shape index (κ1) is 22.2. The summed E-state index contributed by atoms with van der Waals surface area (Å²) in [4.78, 5) is 56.3. The number of carbonyl (C=O) groups is 3. The van der Waals surface area contributed by atoms with Crippen LogP contribution in [0.2, 0.25) is 0 Å². The summed E-state index contributed by atoms with van der Waals surface area (Å²) in [7, 11) is 1.29. The van der Waals surface area contributed by atoms with Gasteiger partial charge >= 0.3 is 5.97 Å². The number of hydroxylamine groups is 1. The number of nitro benzene ring substituents is 1. The molecule has 3 unspecified atom stereocenters. The Morgan fingerprint density at radius 1 is 0.914 bits per heavy atom.